The van der Waals surface area contributed by atoms with E-state index in [1.807, 2.05) is 66.9 Å². The molecule has 0 aliphatic heterocycles. The second kappa shape index (κ2) is 8.57. The molecule has 1 heterocycles. The number of nitrogens with zero attached hydrogens (tertiary/aromatic N) is 2. The Morgan fingerprint density at radius 3 is 2.19 bits per heavy atom. The minimum absolute atomic E-state index is 0.00997. The molecule has 0 saturated heterocycles. The molecule has 0 fully saturated rings. The maximum Gasteiger partial charge on any atom is 0.252 e. The molecule has 1 N–H and O–H groups in total. The summed E-state index contributed by atoms with van der Waals surface area (Å²) in [6.45, 7) is 0.202. The third-order valence-corrected chi connectivity index (χ3v) is 5.98. The minimum Gasteiger partial charge on any atom is -0.348 e. The SMILES string of the molecule is CS(=O)(=O)c1ccccc1C(=O)NCc1cn(-c2ccccc2)nc1-c1ccccc1. The standard InChI is InChI=1S/C24H21N3O3S/c1-31(29,30)22-15-9-8-14-21(22)24(28)25-16-19-17-27(20-12-6-3-7-13-20)26-23(19)18-10-4-2-5-11-18/h2-15,17H,16H2,1H3,(H,25,28). The molecular weight excluding hydrogens is 410 g/mol. The Labute approximate surface area is 181 Å². The molecule has 4 aromatic rings. The van der Waals surface area contributed by atoms with Crippen molar-refractivity contribution in [3.8, 4) is 16.9 Å². The summed E-state index contributed by atoms with van der Waals surface area (Å²) in [4.78, 5) is 12.8. The van der Waals surface area contributed by atoms with Gasteiger partial charge in [-0.3, -0.25) is 4.79 Å². The summed E-state index contributed by atoms with van der Waals surface area (Å²) in [6.07, 6.45) is 2.97. The van der Waals surface area contributed by atoms with E-state index in [1.165, 1.54) is 12.1 Å². The maximum atomic E-state index is 12.8. The number of nitrogens with one attached hydrogen (secondary N) is 1. The van der Waals surface area contributed by atoms with E-state index in [2.05, 4.69) is 5.32 Å². The first kappa shape index (κ1) is 20.6. The first-order valence-electron chi connectivity index (χ1n) is 9.70. The van der Waals surface area contributed by atoms with E-state index in [-0.39, 0.29) is 17.0 Å². The summed E-state index contributed by atoms with van der Waals surface area (Å²) < 4.78 is 25.8. The number of hydrogen-bond donors (Lipinski definition) is 1. The van der Waals surface area contributed by atoms with Crippen molar-refractivity contribution in [1.29, 1.82) is 0 Å². The van der Waals surface area contributed by atoms with Crippen LogP contribution in [0.4, 0.5) is 0 Å². The largest absolute Gasteiger partial charge is 0.348 e. The number of para-hydroxylation sites is 1. The zero-order chi connectivity index (χ0) is 21.8. The number of carbonyl (C=O) groups is 1. The molecule has 156 valence electrons. The van der Waals surface area contributed by atoms with E-state index >= 15 is 0 Å². The predicted octanol–water partition coefficient (Wildman–Crippen LogP) is 3.87. The Kier molecular flexibility index (Phi) is 5.68. The Hall–Kier alpha value is -3.71. The fourth-order valence-electron chi connectivity index (χ4n) is 3.34. The van der Waals surface area contributed by atoms with E-state index < -0.39 is 15.7 Å². The molecule has 0 aliphatic rings. The molecule has 4 rings (SSSR count). The lowest BCUT2D eigenvalue weighted by atomic mass is 10.1. The Balaban J connectivity index is 1.66. The van der Waals surface area contributed by atoms with Crippen molar-refractivity contribution in [3.05, 3.63) is 102 Å². The van der Waals surface area contributed by atoms with Crippen LogP contribution in [0.1, 0.15) is 15.9 Å². The molecule has 0 aliphatic carbocycles. The van der Waals surface area contributed by atoms with Gasteiger partial charge in [0.05, 0.1) is 21.8 Å². The number of carbonyl (C=O) groups excluding carboxylic acids is 1. The van der Waals surface area contributed by atoms with Crippen LogP contribution in [0.2, 0.25) is 0 Å². The highest BCUT2D eigenvalue weighted by Crippen LogP contribution is 2.24. The van der Waals surface area contributed by atoms with Gasteiger partial charge in [-0.25, -0.2) is 13.1 Å². The molecule has 31 heavy (non-hydrogen) atoms. The number of hydrogen-bond acceptors (Lipinski definition) is 4. The van der Waals surface area contributed by atoms with Crippen LogP contribution in [-0.4, -0.2) is 30.4 Å². The maximum absolute atomic E-state index is 12.8. The second-order valence-corrected chi connectivity index (χ2v) is 9.08. The molecule has 0 spiro atoms. The van der Waals surface area contributed by atoms with Gasteiger partial charge in [-0.1, -0.05) is 60.7 Å². The average molecular weight is 432 g/mol. The first-order chi connectivity index (χ1) is 14.9. The lowest BCUT2D eigenvalue weighted by Crippen LogP contribution is -2.24. The molecule has 0 saturated carbocycles. The third kappa shape index (κ3) is 4.57. The topological polar surface area (TPSA) is 81.1 Å². The molecule has 0 atom stereocenters. The molecule has 1 aromatic heterocycles. The molecule has 0 radical (unpaired) electrons. The van der Waals surface area contributed by atoms with Crippen molar-refractivity contribution in [2.24, 2.45) is 0 Å². The van der Waals surface area contributed by atoms with Gasteiger partial charge in [0.2, 0.25) is 0 Å². The normalized spacial score (nSPS) is 11.3. The van der Waals surface area contributed by atoms with Crippen LogP contribution in [0.5, 0.6) is 0 Å². The van der Waals surface area contributed by atoms with Gasteiger partial charge in [-0.15, -0.1) is 0 Å². The molecule has 6 nitrogen and oxygen atoms in total. The van der Waals surface area contributed by atoms with Gasteiger partial charge in [-0.05, 0) is 24.3 Å². The van der Waals surface area contributed by atoms with E-state index in [0.29, 0.717) is 0 Å². The Bertz CT molecular complexity index is 1310. The molecule has 0 bridgehead atoms. The fraction of sp³-hybridized carbons (Fsp3) is 0.0833. The zero-order valence-corrected chi connectivity index (χ0v) is 17.7. The van der Waals surface area contributed by atoms with Gasteiger partial charge in [0, 0.05) is 30.1 Å². The third-order valence-electron chi connectivity index (χ3n) is 4.83. The van der Waals surface area contributed by atoms with Gasteiger partial charge in [0.15, 0.2) is 9.84 Å². The zero-order valence-electron chi connectivity index (χ0n) is 16.9. The summed E-state index contributed by atoms with van der Waals surface area (Å²) in [5.41, 5.74) is 3.53. The highest BCUT2D eigenvalue weighted by molar-refractivity contribution is 7.90. The van der Waals surface area contributed by atoms with Crippen molar-refractivity contribution in [2.75, 3.05) is 6.26 Å². The lowest BCUT2D eigenvalue weighted by Gasteiger charge is -2.09. The number of benzene rings is 3. The predicted molar refractivity (Wildman–Crippen MR) is 120 cm³/mol. The highest BCUT2D eigenvalue weighted by Gasteiger charge is 2.19. The van der Waals surface area contributed by atoms with Crippen LogP contribution >= 0.6 is 0 Å². The number of aromatic nitrogens is 2. The van der Waals surface area contributed by atoms with Crippen LogP contribution in [0.15, 0.2) is 96.0 Å². The number of rotatable bonds is 6. The van der Waals surface area contributed by atoms with E-state index in [0.717, 1.165) is 28.8 Å². The van der Waals surface area contributed by atoms with Crippen LogP contribution in [0, 0.1) is 0 Å². The summed E-state index contributed by atoms with van der Waals surface area (Å²) in [5.74, 6) is -0.451. The van der Waals surface area contributed by atoms with Crippen LogP contribution in [0.3, 0.4) is 0 Å². The van der Waals surface area contributed by atoms with Crippen LogP contribution in [-0.2, 0) is 16.4 Å². The minimum atomic E-state index is -3.52. The summed E-state index contributed by atoms with van der Waals surface area (Å²) in [6, 6.07) is 25.6. The van der Waals surface area contributed by atoms with Crippen molar-refractivity contribution < 1.29 is 13.2 Å². The fourth-order valence-corrected chi connectivity index (χ4v) is 4.23. The van der Waals surface area contributed by atoms with Crippen molar-refractivity contribution >= 4 is 15.7 Å². The Morgan fingerprint density at radius 1 is 0.903 bits per heavy atom. The smallest absolute Gasteiger partial charge is 0.252 e. The Morgan fingerprint density at radius 2 is 1.52 bits per heavy atom. The molecular formula is C24H21N3O3S. The van der Waals surface area contributed by atoms with Crippen molar-refractivity contribution in [3.63, 3.8) is 0 Å². The van der Waals surface area contributed by atoms with E-state index in [1.54, 1.807) is 16.8 Å². The van der Waals surface area contributed by atoms with Crippen LogP contribution in [0.25, 0.3) is 16.9 Å². The van der Waals surface area contributed by atoms with Gasteiger partial charge >= 0.3 is 0 Å². The molecule has 0 unspecified atom stereocenters. The van der Waals surface area contributed by atoms with Gasteiger partial charge in [0.1, 0.15) is 0 Å². The van der Waals surface area contributed by atoms with Crippen molar-refractivity contribution in [1.82, 2.24) is 15.1 Å². The lowest BCUT2D eigenvalue weighted by molar-refractivity contribution is 0.0947. The van der Waals surface area contributed by atoms with E-state index in [4.69, 9.17) is 5.10 Å². The highest BCUT2D eigenvalue weighted by atomic mass is 32.2. The van der Waals surface area contributed by atoms with Gasteiger partial charge in [0.25, 0.3) is 5.91 Å². The average Bonchev–Trinajstić information content (AvgIpc) is 3.22. The van der Waals surface area contributed by atoms with Crippen molar-refractivity contribution in [2.45, 2.75) is 11.4 Å². The molecule has 1 amide bonds. The molecule has 3 aromatic carbocycles. The summed E-state index contributed by atoms with van der Waals surface area (Å²) in [7, 11) is -3.52. The quantitative estimate of drug-likeness (QED) is 0.502. The monoisotopic (exact) mass is 431 g/mol. The van der Waals surface area contributed by atoms with Gasteiger partial charge < -0.3 is 5.32 Å². The first-order valence-corrected chi connectivity index (χ1v) is 11.6. The molecule has 7 heteroatoms. The second-order valence-electron chi connectivity index (χ2n) is 7.10. The van der Waals surface area contributed by atoms with E-state index in [9.17, 15) is 13.2 Å². The van der Waals surface area contributed by atoms with Gasteiger partial charge in [-0.2, -0.15) is 5.10 Å². The number of sulfone groups is 1. The summed E-state index contributed by atoms with van der Waals surface area (Å²) in [5, 5.41) is 7.57. The van der Waals surface area contributed by atoms with Crippen LogP contribution < -0.4 is 5.32 Å². The number of amides is 1. The summed E-state index contributed by atoms with van der Waals surface area (Å²) >= 11 is 0.